The molecule has 0 bridgehead atoms. The number of sulfonamides is 1. The van der Waals surface area contributed by atoms with E-state index in [2.05, 4.69) is 15.5 Å². The summed E-state index contributed by atoms with van der Waals surface area (Å²) < 4.78 is 25.6. The van der Waals surface area contributed by atoms with E-state index < -0.39 is 15.9 Å². The lowest BCUT2D eigenvalue weighted by atomic mass is 10.3. The number of amides is 1. The number of carbonyl (C=O) groups excluding carboxylic acids is 1. The van der Waals surface area contributed by atoms with Gasteiger partial charge in [-0.15, -0.1) is 0 Å². The largest absolute Gasteiger partial charge is 0.358 e. The molecule has 0 spiro atoms. The number of rotatable bonds is 5. The van der Waals surface area contributed by atoms with E-state index in [1.165, 1.54) is 31.3 Å². The third kappa shape index (κ3) is 3.70. The molecule has 0 saturated carbocycles. The van der Waals surface area contributed by atoms with Crippen LogP contribution in [0.1, 0.15) is 0 Å². The SMILES string of the molecule is CNC(=O)CNS(=O)(=O)c1ccc(NN)cc1. The topological polar surface area (TPSA) is 113 Å². The van der Waals surface area contributed by atoms with Gasteiger partial charge in [0.15, 0.2) is 0 Å². The molecule has 0 unspecified atom stereocenters. The van der Waals surface area contributed by atoms with E-state index in [-0.39, 0.29) is 11.4 Å². The third-order valence-corrected chi connectivity index (χ3v) is 3.45. The fourth-order valence-corrected chi connectivity index (χ4v) is 2.04. The molecule has 0 saturated heterocycles. The zero-order chi connectivity index (χ0) is 12.9. The molecule has 0 atom stereocenters. The van der Waals surface area contributed by atoms with Gasteiger partial charge in [0, 0.05) is 12.7 Å². The van der Waals surface area contributed by atoms with Gasteiger partial charge in [0.2, 0.25) is 15.9 Å². The highest BCUT2D eigenvalue weighted by Crippen LogP contribution is 2.12. The Balaban J connectivity index is 2.78. The van der Waals surface area contributed by atoms with Crippen molar-refractivity contribution in [3.63, 3.8) is 0 Å². The van der Waals surface area contributed by atoms with Crippen LogP contribution in [0.3, 0.4) is 0 Å². The summed E-state index contributed by atoms with van der Waals surface area (Å²) in [7, 11) is -2.24. The minimum atomic E-state index is -3.67. The third-order valence-electron chi connectivity index (χ3n) is 2.03. The number of hydrogen-bond donors (Lipinski definition) is 4. The average Bonchev–Trinajstić information content (AvgIpc) is 2.36. The normalized spacial score (nSPS) is 10.9. The van der Waals surface area contributed by atoms with Crippen LogP contribution in [0.15, 0.2) is 29.2 Å². The van der Waals surface area contributed by atoms with Gasteiger partial charge in [0.1, 0.15) is 0 Å². The smallest absolute Gasteiger partial charge is 0.241 e. The summed E-state index contributed by atoms with van der Waals surface area (Å²) in [5.74, 6) is 4.75. The number of nitrogens with one attached hydrogen (secondary N) is 3. The molecule has 7 nitrogen and oxygen atoms in total. The number of hydrazine groups is 1. The Bertz CT molecular complexity index is 483. The molecule has 1 aromatic carbocycles. The summed E-state index contributed by atoms with van der Waals surface area (Å²) in [5.41, 5.74) is 2.98. The van der Waals surface area contributed by atoms with Crippen molar-refractivity contribution >= 4 is 21.6 Å². The predicted octanol–water partition coefficient (Wildman–Crippen LogP) is -1.00. The predicted molar refractivity (Wildman–Crippen MR) is 63.5 cm³/mol. The lowest BCUT2D eigenvalue weighted by molar-refractivity contribution is -0.119. The van der Waals surface area contributed by atoms with E-state index >= 15 is 0 Å². The van der Waals surface area contributed by atoms with Crippen molar-refractivity contribution in [2.75, 3.05) is 19.0 Å². The second-order valence-corrected chi connectivity index (χ2v) is 4.93. The molecule has 0 aliphatic rings. The standard InChI is InChI=1S/C9H14N4O3S/c1-11-9(14)6-12-17(15,16)8-4-2-7(13-10)3-5-8/h2-5,12-13H,6,10H2,1H3,(H,11,14). The van der Waals surface area contributed by atoms with Crippen molar-refractivity contribution in [1.29, 1.82) is 0 Å². The van der Waals surface area contributed by atoms with Crippen LogP contribution in [0.25, 0.3) is 0 Å². The van der Waals surface area contributed by atoms with Crippen molar-refractivity contribution in [2.45, 2.75) is 4.90 Å². The Morgan fingerprint density at radius 1 is 1.29 bits per heavy atom. The van der Waals surface area contributed by atoms with E-state index in [4.69, 9.17) is 5.84 Å². The molecule has 5 N–H and O–H groups in total. The molecule has 8 heteroatoms. The first-order valence-corrected chi connectivity index (χ1v) is 6.25. The van der Waals surface area contributed by atoms with E-state index in [0.717, 1.165) is 0 Å². The molecule has 1 amide bonds. The van der Waals surface area contributed by atoms with Gasteiger partial charge in [-0.1, -0.05) is 0 Å². The average molecular weight is 258 g/mol. The summed E-state index contributed by atoms with van der Waals surface area (Å²) >= 11 is 0. The van der Waals surface area contributed by atoms with Crippen LogP contribution in [-0.4, -0.2) is 27.9 Å². The summed E-state index contributed by atoms with van der Waals surface area (Å²) in [5, 5.41) is 2.31. The van der Waals surface area contributed by atoms with E-state index in [1.54, 1.807) is 0 Å². The highest BCUT2D eigenvalue weighted by molar-refractivity contribution is 7.89. The van der Waals surface area contributed by atoms with Crippen molar-refractivity contribution in [1.82, 2.24) is 10.0 Å². The number of carbonyl (C=O) groups is 1. The Labute approximate surface area is 99.4 Å². The van der Waals surface area contributed by atoms with Gasteiger partial charge in [-0.2, -0.15) is 0 Å². The molecule has 0 heterocycles. The number of nitrogens with two attached hydrogens (primary N) is 1. The van der Waals surface area contributed by atoms with E-state index in [9.17, 15) is 13.2 Å². The number of hydrogen-bond acceptors (Lipinski definition) is 5. The first-order chi connectivity index (χ1) is 7.99. The van der Waals surface area contributed by atoms with Crippen molar-refractivity contribution in [2.24, 2.45) is 5.84 Å². The van der Waals surface area contributed by atoms with Crippen LogP contribution in [0.4, 0.5) is 5.69 Å². The number of nitrogen functional groups attached to an aromatic ring is 1. The van der Waals surface area contributed by atoms with Crippen LogP contribution in [0.5, 0.6) is 0 Å². The highest BCUT2D eigenvalue weighted by Gasteiger charge is 2.14. The van der Waals surface area contributed by atoms with Crippen LogP contribution in [0.2, 0.25) is 0 Å². The fourth-order valence-electron chi connectivity index (χ4n) is 1.06. The lowest BCUT2D eigenvalue weighted by Gasteiger charge is -2.06. The maximum absolute atomic E-state index is 11.7. The molecule has 0 aliphatic heterocycles. The minimum absolute atomic E-state index is 0.0698. The molecule has 0 aromatic heterocycles. The molecule has 0 radical (unpaired) electrons. The molecule has 1 aromatic rings. The van der Waals surface area contributed by atoms with Crippen molar-refractivity contribution in [3.05, 3.63) is 24.3 Å². The number of benzene rings is 1. The van der Waals surface area contributed by atoms with Gasteiger partial charge in [-0.3, -0.25) is 10.6 Å². The Kier molecular flexibility index (Phi) is 4.44. The first kappa shape index (κ1) is 13.4. The van der Waals surface area contributed by atoms with Gasteiger partial charge in [0.05, 0.1) is 11.4 Å². The van der Waals surface area contributed by atoms with Crippen LogP contribution in [-0.2, 0) is 14.8 Å². The fraction of sp³-hybridized carbons (Fsp3) is 0.222. The summed E-state index contributed by atoms with van der Waals surface area (Å²) in [6, 6.07) is 5.83. The van der Waals surface area contributed by atoms with E-state index in [1.807, 2.05) is 0 Å². The Hall–Kier alpha value is -1.64. The Morgan fingerprint density at radius 2 is 1.88 bits per heavy atom. The maximum atomic E-state index is 11.7. The van der Waals surface area contributed by atoms with Gasteiger partial charge in [-0.25, -0.2) is 13.1 Å². The summed E-state index contributed by atoms with van der Waals surface area (Å²) in [6.45, 7) is -0.296. The highest BCUT2D eigenvalue weighted by atomic mass is 32.2. The van der Waals surface area contributed by atoms with Crippen LogP contribution >= 0.6 is 0 Å². The summed E-state index contributed by atoms with van der Waals surface area (Å²) in [6.07, 6.45) is 0. The molecular weight excluding hydrogens is 244 g/mol. The zero-order valence-electron chi connectivity index (χ0n) is 9.23. The van der Waals surface area contributed by atoms with E-state index in [0.29, 0.717) is 5.69 Å². The summed E-state index contributed by atoms with van der Waals surface area (Å²) in [4.78, 5) is 11.0. The lowest BCUT2D eigenvalue weighted by Crippen LogP contribution is -2.35. The quantitative estimate of drug-likeness (QED) is 0.399. The molecule has 0 aliphatic carbocycles. The monoisotopic (exact) mass is 258 g/mol. The minimum Gasteiger partial charge on any atom is -0.358 e. The van der Waals surface area contributed by atoms with Gasteiger partial charge in [-0.05, 0) is 24.3 Å². The van der Waals surface area contributed by atoms with Crippen LogP contribution in [0, 0.1) is 0 Å². The van der Waals surface area contributed by atoms with Gasteiger partial charge >= 0.3 is 0 Å². The molecule has 94 valence electrons. The maximum Gasteiger partial charge on any atom is 0.241 e. The molecule has 0 fully saturated rings. The van der Waals surface area contributed by atoms with Crippen molar-refractivity contribution < 1.29 is 13.2 Å². The van der Waals surface area contributed by atoms with Crippen LogP contribution < -0.4 is 21.3 Å². The molecule has 17 heavy (non-hydrogen) atoms. The first-order valence-electron chi connectivity index (χ1n) is 4.76. The van der Waals surface area contributed by atoms with Crippen molar-refractivity contribution in [3.8, 4) is 0 Å². The molecular formula is C9H14N4O3S. The zero-order valence-corrected chi connectivity index (χ0v) is 10.0. The van der Waals surface area contributed by atoms with Gasteiger partial charge in [0.25, 0.3) is 0 Å². The van der Waals surface area contributed by atoms with Gasteiger partial charge < -0.3 is 10.7 Å². The number of anilines is 1. The Morgan fingerprint density at radius 3 is 2.35 bits per heavy atom. The molecule has 1 rings (SSSR count). The second-order valence-electron chi connectivity index (χ2n) is 3.17. The number of likely N-dealkylation sites (N-methyl/N-ethyl adjacent to an activating group) is 1. The second kappa shape index (κ2) is 5.62.